The molecule has 0 aliphatic heterocycles. The van der Waals surface area contributed by atoms with Crippen LogP contribution in [-0.4, -0.2) is 16.5 Å². The smallest absolute Gasteiger partial charge is 0.224 e. The molecule has 0 unspecified atom stereocenters. The van der Waals surface area contributed by atoms with Crippen molar-refractivity contribution in [3.63, 3.8) is 0 Å². The predicted molar refractivity (Wildman–Crippen MR) is 83.1 cm³/mol. The molecule has 2 N–H and O–H groups in total. The Hall–Kier alpha value is -1.62. The fraction of sp³-hybridized carbons (Fsp3) is 0.286. The molecule has 2 aromatic rings. The second-order valence-electron chi connectivity index (χ2n) is 4.42. The fourth-order valence-corrected chi connectivity index (χ4v) is 2.17. The minimum atomic E-state index is 0.623. The molecule has 0 bridgehead atoms. The minimum absolute atomic E-state index is 0.623. The lowest BCUT2D eigenvalue weighted by molar-refractivity contribution is 1.08. The molecule has 100 valence electrons. The van der Waals surface area contributed by atoms with Gasteiger partial charge < -0.3 is 10.6 Å². The highest BCUT2D eigenvalue weighted by molar-refractivity contribution is 9.10. The molecule has 0 saturated carbocycles. The molecule has 0 aliphatic rings. The lowest BCUT2D eigenvalue weighted by Gasteiger charge is -2.11. The Labute approximate surface area is 121 Å². The molecule has 19 heavy (non-hydrogen) atoms. The van der Waals surface area contributed by atoms with E-state index in [4.69, 9.17) is 0 Å². The van der Waals surface area contributed by atoms with Crippen LogP contribution in [0.2, 0.25) is 0 Å². The van der Waals surface area contributed by atoms with Crippen LogP contribution in [0.15, 0.2) is 28.9 Å². The summed E-state index contributed by atoms with van der Waals surface area (Å²) in [4.78, 5) is 8.63. The SMILES string of the molecule is CCNc1ncc(Br)c(Nc2cc(C)cc(C)c2)n1. The van der Waals surface area contributed by atoms with Gasteiger partial charge in [-0.25, -0.2) is 4.98 Å². The van der Waals surface area contributed by atoms with E-state index in [1.54, 1.807) is 6.20 Å². The number of hydrogen-bond acceptors (Lipinski definition) is 4. The van der Waals surface area contributed by atoms with Gasteiger partial charge in [-0.1, -0.05) is 6.07 Å². The van der Waals surface area contributed by atoms with Crippen molar-refractivity contribution < 1.29 is 0 Å². The van der Waals surface area contributed by atoms with Gasteiger partial charge in [-0.3, -0.25) is 0 Å². The first-order chi connectivity index (χ1) is 9.08. The maximum Gasteiger partial charge on any atom is 0.224 e. The van der Waals surface area contributed by atoms with E-state index in [9.17, 15) is 0 Å². The molecule has 0 aliphatic carbocycles. The van der Waals surface area contributed by atoms with Gasteiger partial charge in [0.25, 0.3) is 0 Å². The van der Waals surface area contributed by atoms with Gasteiger partial charge in [-0.15, -0.1) is 0 Å². The molecule has 5 heteroatoms. The van der Waals surface area contributed by atoms with E-state index < -0.39 is 0 Å². The highest BCUT2D eigenvalue weighted by Gasteiger charge is 2.05. The Kier molecular flexibility index (Phi) is 4.37. The van der Waals surface area contributed by atoms with Crippen molar-refractivity contribution in [2.24, 2.45) is 0 Å². The monoisotopic (exact) mass is 320 g/mol. The Morgan fingerprint density at radius 2 is 1.84 bits per heavy atom. The van der Waals surface area contributed by atoms with E-state index in [0.717, 1.165) is 22.5 Å². The third-order valence-corrected chi connectivity index (χ3v) is 3.14. The molecule has 0 amide bonds. The molecular weight excluding hydrogens is 304 g/mol. The number of rotatable bonds is 4. The number of aryl methyl sites for hydroxylation is 2. The molecule has 0 saturated heterocycles. The number of halogens is 1. The van der Waals surface area contributed by atoms with Crippen molar-refractivity contribution in [2.45, 2.75) is 20.8 Å². The summed E-state index contributed by atoms with van der Waals surface area (Å²) in [7, 11) is 0. The van der Waals surface area contributed by atoms with Crippen LogP contribution in [-0.2, 0) is 0 Å². The minimum Gasteiger partial charge on any atom is -0.354 e. The van der Waals surface area contributed by atoms with E-state index in [1.807, 2.05) is 6.92 Å². The number of nitrogens with one attached hydrogen (secondary N) is 2. The summed E-state index contributed by atoms with van der Waals surface area (Å²) in [5.74, 6) is 1.38. The van der Waals surface area contributed by atoms with Crippen molar-refractivity contribution in [1.82, 2.24) is 9.97 Å². The van der Waals surface area contributed by atoms with E-state index in [1.165, 1.54) is 11.1 Å². The number of benzene rings is 1. The molecule has 0 radical (unpaired) electrons. The Balaban J connectivity index is 2.28. The van der Waals surface area contributed by atoms with Gasteiger partial charge in [0.15, 0.2) is 0 Å². The molecule has 0 atom stereocenters. The fourth-order valence-electron chi connectivity index (χ4n) is 1.88. The van der Waals surface area contributed by atoms with Crippen molar-refractivity contribution in [1.29, 1.82) is 0 Å². The summed E-state index contributed by atoms with van der Waals surface area (Å²) < 4.78 is 0.841. The predicted octanol–water partition coefficient (Wildman–Crippen LogP) is 4.03. The van der Waals surface area contributed by atoms with Crippen LogP contribution in [0.3, 0.4) is 0 Å². The van der Waals surface area contributed by atoms with Crippen LogP contribution in [0.25, 0.3) is 0 Å². The lowest BCUT2D eigenvalue weighted by atomic mass is 10.1. The van der Waals surface area contributed by atoms with Crippen LogP contribution in [0.1, 0.15) is 18.1 Å². The van der Waals surface area contributed by atoms with E-state index >= 15 is 0 Å². The van der Waals surface area contributed by atoms with Gasteiger partial charge in [0.1, 0.15) is 5.82 Å². The number of aromatic nitrogens is 2. The largest absolute Gasteiger partial charge is 0.354 e. The topological polar surface area (TPSA) is 49.8 Å². The van der Waals surface area contributed by atoms with E-state index in [-0.39, 0.29) is 0 Å². The zero-order valence-corrected chi connectivity index (χ0v) is 12.9. The molecule has 4 nitrogen and oxygen atoms in total. The normalized spacial score (nSPS) is 10.3. The van der Waals surface area contributed by atoms with Gasteiger partial charge in [0.05, 0.1) is 4.47 Å². The maximum atomic E-state index is 4.44. The van der Waals surface area contributed by atoms with Gasteiger partial charge in [0, 0.05) is 18.4 Å². The second kappa shape index (κ2) is 6.02. The van der Waals surface area contributed by atoms with Gasteiger partial charge >= 0.3 is 0 Å². The second-order valence-corrected chi connectivity index (χ2v) is 5.28. The van der Waals surface area contributed by atoms with Gasteiger partial charge in [-0.2, -0.15) is 4.98 Å². The molecule has 0 fully saturated rings. The first-order valence-corrected chi connectivity index (χ1v) is 6.99. The maximum absolute atomic E-state index is 4.44. The molecule has 1 aromatic carbocycles. The van der Waals surface area contributed by atoms with Gasteiger partial charge in [0.2, 0.25) is 5.95 Å². The molecular formula is C14H17BrN4. The van der Waals surface area contributed by atoms with Crippen molar-refractivity contribution in [3.8, 4) is 0 Å². The van der Waals surface area contributed by atoms with Crippen LogP contribution in [0.5, 0.6) is 0 Å². The number of anilines is 3. The van der Waals surface area contributed by atoms with E-state index in [2.05, 4.69) is 68.6 Å². The Morgan fingerprint density at radius 3 is 2.47 bits per heavy atom. The summed E-state index contributed by atoms with van der Waals surface area (Å²) in [6.07, 6.45) is 1.75. The average molecular weight is 321 g/mol. The highest BCUT2D eigenvalue weighted by Crippen LogP contribution is 2.25. The van der Waals surface area contributed by atoms with Crippen LogP contribution >= 0.6 is 15.9 Å². The standard InChI is InChI=1S/C14H17BrN4/c1-4-16-14-17-8-12(15)13(19-14)18-11-6-9(2)5-10(3)7-11/h5-8H,4H2,1-3H3,(H2,16,17,18,19). The summed E-state index contributed by atoms with van der Waals surface area (Å²) in [6, 6.07) is 6.33. The summed E-state index contributed by atoms with van der Waals surface area (Å²) >= 11 is 3.46. The molecule has 2 rings (SSSR count). The molecule has 1 aromatic heterocycles. The van der Waals surface area contributed by atoms with Crippen LogP contribution < -0.4 is 10.6 Å². The van der Waals surface area contributed by atoms with Crippen molar-refractivity contribution in [3.05, 3.63) is 40.0 Å². The van der Waals surface area contributed by atoms with E-state index in [0.29, 0.717) is 5.95 Å². The highest BCUT2D eigenvalue weighted by atomic mass is 79.9. The van der Waals surface area contributed by atoms with Gasteiger partial charge in [-0.05, 0) is 60.0 Å². The third-order valence-electron chi connectivity index (χ3n) is 2.56. The number of nitrogens with zero attached hydrogens (tertiary/aromatic N) is 2. The Bertz CT molecular complexity index is 563. The number of hydrogen-bond donors (Lipinski definition) is 2. The summed E-state index contributed by atoms with van der Waals surface area (Å²) in [6.45, 7) is 6.97. The zero-order chi connectivity index (χ0) is 13.8. The summed E-state index contributed by atoms with van der Waals surface area (Å²) in [5, 5.41) is 6.42. The van der Waals surface area contributed by atoms with Crippen molar-refractivity contribution >= 4 is 33.4 Å². The summed E-state index contributed by atoms with van der Waals surface area (Å²) in [5.41, 5.74) is 3.47. The lowest BCUT2D eigenvalue weighted by Crippen LogP contribution is -2.04. The van der Waals surface area contributed by atoms with Crippen LogP contribution in [0, 0.1) is 13.8 Å². The van der Waals surface area contributed by atoms with Crippen molar-refractivity contribution in [2.75, 3.05) is 17.2 Å². The third kappa shape index (κ3) is 3.67. The first-order valence-electron chi connectivity index (χ1n) is 6.20. The molecule has 1 heterocycles. The average Bonchev–Trinajstić information content (AvgIpc) is 2.32. The first kappa shape index (κ1) is 13.8. The quantitative estimate of drug-likeness (QED) is 0.892. The van der Waals surface area contributed by atoms with Crippen LogP contribution in [0.4, 0.5) is 17.5 Å². The Morgan fingerprint density at radius 1 is 1.16 bits per heavy atom. The molecule has 0 spiro atoms. The zero-order valence-electron chi connectivity index (χ0n) is 11.3.